The highest BCUT2D eigenvalue weighted by Crippen LogP contribution is 2.35. The van der Waals surface area contributed by atoms with E-state index in [2.05, 4.69) is 0 Å². The second-order valence-corrected chi connectivity index (χ2v) is 4.28. The van der Waals surface area contributed by atoms with Crippen molar-refractivity contribution in [3.05, 3.63) is 26.8 Å². The molecule has 0 aliphatic heterocycles. The zero-order chi connectivity index (χ0) is 12.5. The van der Waals surface area contributed by atoms with E-state index in [4.69, 9.17) is 4.74 Å². The summed E-state index contributed by atoms with van der Waals surface area (Å²) in [6, 6.07) is 1.85. The fraction of sp³-hybridized carbons (Fsp3) is 0.300. The molecule has 2 nitrogen and oxygen atoms in total. The van der Waals surface area contributed by atoms with Crippen LogP contribution in [0.25, 0.3) is 0 Å². The zero-order valence-electron chi connectivity index (χ0n) is 8.48. The highest BCUT2D eigenvalue weighted by atomic mass is 127. The summed E-state index contributed by atoms with van der Waals surface area (Å²) in [4.78, 5) is 10.7. The molecule has 0 aliphatic rings. The Kier molecular flexibility index (Phi) is 3.82. The van der Waals surface area contributed by atoms with Crippen molar-refractivity contribution in [2.45, 2.75) is 20.0 Å². The molecule has 1 rings (SSSR count). The zero-order valence-corrected chi connectivity index (χ0v) is 10.6. The molecule has 0 aliphatic carbocycles. The smallest absolute Gasteiger partial charge is 0.416 e. The highest BCUT2D eigenvalue weighted by Gasteiger charge is 2.32. The molecular weight excluding hydrogens is 336 g/mol. The van der Waals surface area contributed by atoms with Crippen LogP contribution in [-0.2, 0) is 11.0 Å². The number of carbonyl (C=O) groups excluding carboxylic acids is 1. The van der Waals surface area contributed by atoms with E-state index in [9.17, 15) is 18.0 Å². The molecular formula is C10H8F3IO2. The van der Waals surface area contributed by atoms with Gasteiger partial charge in [-0.1, -0.05) is 0 Å². The van der Waals surface area contributed by atoms with E-state index in [1.807, 2.05) is 22.6 Å². The molecule has 0 unspecified atom stereocenters. The van der Waals surface area contributed by atoms with E-state index in [0.29, 0.717) is 9.13 Å². The third-order valence-corrected chi connectivity index (χ3v) is 3.18. The third-order valence-electron chi connectivity index (χ3n) is 1.80. The monoisotopic (exact) mass is 344 g/mol. The SMILES string of the molecule is CC(=O)Oc1cc(C(F)(F)F)cc(C)c1I. The van der Waals surface area contributed by atoms with E-state index in [0.717, 1.165) is 19.1 Å². The van der Waals surface area contributed by atoms with Crippen molar-refractivity contribution >= 4 is 28.6 Å². The Morgan fingerprint density at radius 1 is 1.38 bits per heavy atom. The van der Waals surface area contributed by atoms with E-state index >= 15 is 0 Å². The van der Waals surface area contributed by atoms with Crippen molar-refractivity contribution in [1.82, 2.24) is 0 Å². The summed E-state index contributed by atoms with van der Waals surface area (Å²) in [6.45, 7) is 2.68. The number of carbonyl (C=O) groups is 1. The normalized spacial score (nSPS) is 11.4. The van der Waals surface area contributed by atoms with Crippen molar-refractivity contribution in [2.24, 2.45) is 0 Å². The Morgan fingerprint density at radius 3 is 2.38 bits per heavy atom. The Hall–Kier alpha value is -0.790. The summed E-state index contributed by atoms with van der Waals surface area (Å²) in [7, 11) is 0. The number of rotatable bonds is 1. The van der Waals surface area contributed by atoms with Gasteiger partial charge in [0.1, 0.15) is 5.75 Å². The Morgan fingerprint density at radius 2 is 1.94 bits per heavy atom. The Bertz CT molecular complexity index is 427. The number of ether oxygens (including phenoxy) is 1. The summed E-state index contributed by atoms with van der Waals surface area (Å²) in [5.74, 6) is -0.697. The molecule has 0 amide bonds. The minimum atomic E-state index is -4.44. The second kappa shape index (κ2) is 4.60. The van der Waals surface area contributed by atoms with Gasteiger partial charge in [-0.25, -0.2) is 0 Å². The van der Waals surface area contributed by atoms with E-state index < -0.39 is 17.7 Å². The molecule has 0 spiro atoms. The van der Waals surface area contributed by atoms with Gasteiger partial charge >= 0.3 is 12.1 Å². The molecule has 0 atom stereocenters. The number of esters is 1. The molecule has 1 aromatic rings. The molecule has 0 aromatic heterocycles. The lowest BCUT2D eigenvalue weighted by molar-refractivity contribution is -0.138. The van der Waals surface area contributed by atoms with Crippen molar-refractivity contribution in [2.75, 3.05) is 0 Å². The molecule has 0 heterocycles. The van der Waals surface area contributed by atoms with Crippen LogP contribution in [0.5, 0.6) is 5.75 Å². The summed E-state index contributed by atoms with van der Waals surface area (Å²) in [6.07, 6.45) is -4.44. The quantitative estimate of drug-likeness (QED) is 0.443. The first kappa shape index (κ1) is 13.3. The molecule has 1 aromatic carbocycles. The molecule has 0 radical (unpaired) electrons. The maximum atomic E-state index is 12.5. The molecule has 16 heavy (non-hydrogen) atoms. The van der Waals surface area contributed by atoms with Crippen molar-refractivity contribution < 1.29 is 22.7 Å². The van der Waals surface area contributed by atoms with Crippen LogP contribution in [0.2, 0.25) is 0 Å². The number of benzene rings is 1. The van der Waals surface area contributed by atoms with Gasteiger partial charge < -0.3 is 4.74 Å². The highest BCUT2D eigenvalue weighted by molar-refractivity contribution is 14.1. The molecule has 0 N–H and O–H groups in total. The van der Waals surface area contributed by atoms with E-state index in [-0.39, 0.29) is 5.75 Å². The van der Waals surface area contributed by atoms with Crippen LogP contribution in [0.4, 0.5) is 13.2 Å². The first-order valence-electron chi connectivity index (χ1n) is 4.27. The lowest BCUT2D eigenvalue weighted by Crippen LogP contribution is -2.09. The van der Waals surface area contributed by atoms with Crippen LogP contribution in [0.15, 0.2) is 12.1 Å². The standard InChI is InChI=1S/C10H8F3IO2/c1-5-3-7(10(11,12)13)4-8(9(5)14)16-6(2)15/h3-4H,1-2H3. The summed E-state index contributed by atoms with van der Waals surface area (Å²) >= 11 is 1.84. The number of hydrogen-bond acceptors (Lipinski definition) is 2. The topological polar surface area (TPSA) is 26.3 Å². The first-order chi connectivity index (χ1) is 7.21. The predicted octanol–water partition coefficient (Wildman–Crippen LogP) is 3.54. The maximum Gasteiger partial charge on any atom is 0.416 e. The number of aryl methyl sites for hydroxylation is 1. The van der Waals surface area contributed by atoms with Gasteiger partial charge in [0.25, 0.3) is 0 Å². The van der Waals surface area contributed by atoms with Gasteiger partial charge in [-0.05, 0) is 47.2 Å². The Labute approximate surface area is 104 Å². The van der Waals surface area contributed by atoms with Gasteiger partial charge in [-0.2, -0.15) is 13.2 Å². The van der Waals surface area contributed by atoms with Crippen LogP contribution in [-0.4, -0.2) is 5.97 Å². The lowest BCUT2D eigenvalue weighted by atomic mass is 10.1. The van der Waals surface area contributed by atoms with Gasteiger partial charge in [0.2, 0.25) is 0 Å². The van der Waals surface area contributed by atoms with Gasteiger partial charge in [-0.15, -0.1) is 0 Å². The fourth-order valence-corrected chi connectivity index (χ4v) is 1.55. The fourth-order valence-electron chi connectivity index (χ4n) is 1.13. The summed E-state index contributed by atoms with van der Waals surface area (Å²) in [5, 5.41) is 0. The number of alkyl halides is 3. The van der Waals surface area contributed by atoms with Crippen molar-refractivity contribution in [1.29, 1.82) is 0 Å². The van der Waals surface area contributed by atoms with Crippen LogP contribution < -0.4 is 4.74 Å². The van der Waals surface area contributed by atoms with Gasteiger partial charge in [-0.3, -0.25) is 4.79 Å². The second-order valence-electron chi connectivity index (χ2n) is 3.20. The minimum absolute atomic E-state index is 0.0552. The summed E-state index contributed by atoms with van der Waals surface area (Å²) < 4.78 is 42.6. The number of hydrogen-bond donors (Lipinski definition) is 0. The molecule has 6 heteroatoms. The average molecular weight is 344 g/mol. The van der Waals surface area contributed by atoms with Crippen LogP contribution in [0.1, 0.15) is 18.1 Å². The van der Waals surface area contributed by atoms with Crippen LogP contribution >= 0.6 is 22.6 Å². The summed E-state index contributed by atoms with van der Waals surface area (Å²) in [5.41, 5.74) is -0.395. The van der Waals surface area contributed by atoms with Crippen molar-refractivity contribution in [3.8, 4) is 5.75 Å². The lowest BCUT2D eigenvalue weighted by Gasteiger charge is -2.12. The van der Waals surface area contributed by atoms with E-state index in [1.54, 1.807) is 0 Å². The minimum Gasteiger partial charge on any atom is -0.426 e. The Balaban J connectivity index is 3.27. The maximum absolute atomic E-state index is 12.5. The molecule has 0 saturated carbocycles. The van der Waals surface area contributed by atoms with Gasteiger partial charge in [0.05, 0.1) is 9.13 Å². The molecule has 0 fully saturated rings. The van der Waals surface area contributed by atoms with Crippen molar-refractivity contribution in [3.63, 3.8) is 0 Å². The van der Waals surface area contributed by atoms with E-state index in [1.165, 1.54) is 6.92 Å². The average Bonchev–Trinajstić information content (AvgIpc) is 2.10. The van der Waals surface area contributed by atoms with Crippen LogP contribution in [0.3, 0.4) is 0 Å². The van der Waals surface area contributed by atoms with Gasteiger partial charge in [0.15, 0.2) is 0 Å². The predicted molar refractivity (Wildman–Crippen MR) is 60.2 cm³/mol. The molecule has 88 valence electrons. The molecule has 0 saturated heterocycles. The van der Waals surface area contributed by atoms with Gasteiger partial charge in [0, 0.05) is 6.92 Å². The molecule has 0 bridgehead atoms. The largest absolute Gasteiger partial charge is 0.426 e. The first-order valence-corrected chi connectivity index (χ1v) is 5.35. The third kappa shape index (κ3) is 3.10. The van der Waals surface area contributed by atoms with Crippen LogP contribution in [0, 0.1) is 10.5 Å². The number of halogens is 4.